The fourth-order valence-electron chi connectivity index (χ4n) is 11.9. The molecule has 12 rings (SSSR count). The summed E-state index contributed by atoms with van der Waals surface area (Å²) in [5.41, 5.74) is 25.2. The zero-order valence-corrected chi connectivity index (χ0v) is 44.0. The van der Waals surface area contributed by atoms with Gasteiger partial charge in [-0.2, -0.15) is 0 Å². The van der Waals surface area contributed by atoms with Crippen molar-refractivity contribution >= 4 is 67.5 Å². The van der Waals surface area contributed by atoms with Crippen LogP contribution in [0.4, 0.5) is 17.1 Å². The molecule has 0 saturated carbocycles. The quantitative estimate of drug-likeness (QED) is 0.160. The Morgan fingerprint density at radius 2 is 1.01 bits per heavy atom. The number of fused-ring (bicyclic) bond motifs is 8. The third-order valence-electron chi connectivity index (χ3n) is 15.8. The van der Waals surface area contributed by atoms with Gasteiger partial charge in [0.25, 0.3) is 0 Å². The zero-order valence-electron chi connectivity index (χ0n) is 44.0. The fourth-order valence-corrected chi connectivity index (χ4v) is 11.9. The maximum absolute atomic E-state index is 2.81. The Kier molecular flexibility index (Phi) is 9.84. The minimum absolute atomic E-state index is 0.0329. The summed E-state index contributed by atoms with van der Waals surface area (Å²) in [6.45, 7) is 30.3. The molecule has 0 spiro atoms. The van der Waals surface area contributed by atoms with E-state index >= 15 is 0 Å². The highest BCUT2D eigenvalue weighted by Gasteiger charge is 2.46. The first-order valence-corrected chi connectivity index (χ1v) is 25.8. The summed E-state index contributed by atoms with van der Waals surface area (Å²) in [5.74, 6) is 0. The third kappa shape index (κ3) is 6.91. The Balaban J connectivity index is 1.36. The lowest BCUT2D eigenvalue weighted by molar-refractivity contribution is 0.589. The van der Waals surface area contributed by atoms with E-state index in [-0.39, 0.29) is 28.5 Å². The van der Waals surface area contributed by atoms with Gasteiger partial charge in [0.2, 0.25) is 0 Å². The lowest BCUT2D eigenvalue weighted by atomic mass is 9.44. The predicted octanol–water partition coefficient (Wildman–Crippen LogP) is 17.0. The fraction of sp³-hybridized carbons (Fsp3) is 0.254. The molecule has 0 atom stereocenters. The molecule has 4 heterocycles. The van der Waals surface area contributed by atoms with Crippen molar-refractivity contribution in [3.8, 4) is 39.2 Å². The van der Waals surface area contributed by atoms with Crippen LogP contribution in [0.5, 0.6) is 0 Å². The molecule has 0 aliphatic carbocycles. The molecule has 0 fully saturated rings. The molecular weight excluding hydrogens is 858 g/mol. The Morgan fingerprint density at radius 1 is 0.423 bits per heavy atom. The van der Waals surface area contributed by atoms with E-state index < -0.39 is 0 Å². The smallest absolute Gasteiger partial charge is 0.333 e. The van der Waals surface area contributed by atoms with Gasteiger partial charge in [-0.1, -0.05) is 192 Å². The molecule has 0 N–H and O–H groups in total. The summed E-state index contributed by atoms with van der Waals surface area (Å²) in [4.78, 5) is 2.60. The molecule has 10 aromatic rings. The molecule has 2 aromatic heterocycles. The molecule has 352 valence electrons. The minimum Gasteiger partial charge on any atom is -0.375 e. The highest BCUT2D eigenvalue weighted by Crippen LogP contribution is 2.54. The summed E-state index contributed by atoms with van der Waals surface area (Å²) in [5, 5.41) is 3.85. The zero-order chi connectivity index (χ0) is 49.7. The molecule has 0 saturated heterocycles. The highest BCUT2D eigenvalue weighted by molar-refractivity contribution is 6.90. The number of nitrogens with zero attached hydrogens (tertiary/aromatic N) is 3. The number of para-hydroxylation sites is 1. The molecular formula is C67H66BN3. The molecule has 4 heteroatoms. The maximum atomic E-state index is 2.81. The van der Waals surface area contributed by atoms with Crippen molar-refractivity contribution in [2.75, 3.05) is 4.90 Å². The van der Waals surface area contributed by atoms with Gasteiger partial charge in [0, 0.05) is 61.2 Å². The largest absolute Gasteiger partial charge is 0.375 e. The van der Waals surface area contributed by atoms with Crippen molar-refractivity contribution in [1.29, 1.82) is 0 Å². The molecule has 0 bridgehead atoms. The van der Waals surface area contributed by atoms with Gasteiger partial charge in [0.15, 0.2) is 0 Å². The van der Waals surface area contributed by atoms with Crippen LogP contribution < -0.4 is 15.8 Å². The van der Waals surface area contributed by atoms with E-state index in [9.17, 15) is 0 Å². The predicted molar refractivity (Wildman–Crippen MR) is 307 cm³/mol. The van der Waals surface area contributed by atoms with Crippen LogP contribution in [0.3, 0.4) is 0 Å². The van der Waals surface area contributed by atoms with Crippen LogP contribution in [-0.4, -0.2) is 15.9 Å². The monoisotopic (exact) mass is 924 g/mol. The van der Waals surface area contributed by atoms with E-state index in [1.54, 1.807) is 0 Å². The van der Waals surface area contributed by atoms with Crippen LogP contribution in [0.15, 0.2) is 164 Å². The van der Waals surface area contributed by atoms with Crippen LogP contribution >= 0.6 is 0 Å². The summed E-state index contributed by atoms with van der Waals surface area (Å²) in [6, 6.07) is 63.3. The summed E-state index contributed by atoms with van der Waals surface area (Å²) < 4.78 is 5.39. The number of anilines is 3. The van der Waals surface area contributed by atoms with Gasteiger partial charge in [0.1, 0.15) is 0 Å². The standard InChI is InChI=1S/C67H66BN3/c1-41-22-20-21-27-49(41)58-59-62-52(50-36-44(65(5,6)7)30-34-55(50)70(62)47-25-18-15-19-26-47)40-53-51-37-46(67(11,12)13)39-57-60(51)68(71(63(53)59)61(58)42-23-16-14-17-24-42)54-38-45(66(8,9)10)31-35-56(54)69(57)48-32-28-43(29-33-48)64(2,3)4/h14-40H,1-13H3. The van der Waals surface area contributed by atoms with E-state index in [4.69, 9.17) is 0 Å². The van der Waals surface area contributed by atoms with Gasteiger partial charge in [-0.3, -0.25) is 0 Å². The van der Waals surface area contributed by atoms with Crippen LogP contribution in [0.25, 0.3) is 71.9 Å². The highest BCUT2D eigenvalue weighted by atomic mass is 15.2. The molecule has 0 radical (unpaired) electrons. The minimum atomic E-state index is -0.140. The average Bonchev–Trinajstić information content (AvgIpc) is 3.85. The van der Waals surface area contributed by atoms with E-state index in [2.05, 4.69) is 268 Å². The molecule has 2 aliphatic rings. The molecule has 8 aromatic carbocycles. The van der Waals surface area contributed by atoms with Crippen molar-refractivity contribution in [1.82, 2.24) is 9.05 Å². The van der Waals surface area contributed by atoms with Gasteiger partial charge >= 0.3 is 6.85 Å². The lowest BCUT2D eigenvalue weighted by Gasteiger charge is -2.42. The topological polar surface area (TPSA) is 13.1 Å². The molecule has 0 amide bonds. The van der Waals surface area contributed by atoms with Gasteiger partial charge in [0.05, 0.1) is 11.0 Å². The van der Waals surface area contributed by atoms with Crippen molar-refractivity contribution in [2.24, 2.45) is 0 Å². The first kappa shape index (κ1) is 45.1. The number of hydrogen-bond acceptors (Lipinski definition) is 1. The van der Waals surface area contributed by atoms with Crippen molar-refractivity contribution in [3.63, 3.8) is 0 Å². The van der Waals surface area contributed by atoms with Crippen molar-refractivity contribution in [2.45, 2.75) is 112 Å². The normalized spacial score (nSPS) is 13.6. The Bertz CT molecular complexity index is 3780. The van der Waals surface area contributed by atoms with Gasteiger partial charge in [-0.05, 0) is 139 Å². The van der Waals surface area contributed by atoms with E-state index in [0.717, 1.165) is 5.69 Å². The molecule has 2 aliphatic heterocycles. The Labute approximate surface area is 421 Å². The summed E-state index contributed by atoms with van der Waals surface area (Å²) >= 11 is 0. The van der Waals surface area contributed by atoms with Crippen LogP contribution in [-0.2, 0) is 21.7 Å². The number of aryl methyl sites for hydroxylation is 1. The third-order valence-corrected chi connectivity index (χ3v) is 15.8. The first-order valence-electron chi connectivity index (χ1n) is 25.8. The summed E-state index contributed by atoms with van der Waals surface area (Å²) in [7, 11) is 0. The summed E-state index contributed by atoms with van der Waals surface area (Å²) in [6.07, 6.45) is 0. The number of benzene rings is 8. The van der Waals surface area contributed by atoms with E-state index in [1.807, 2.05) is 0 Å². The molecule has 3 nitrogen and oxygen atoms in total. The molecule has 71 heavy (non-hydrogen) atoms. The average molecular weight is 924 g/mol. The number of hydrogen-bond donors (Lipinski definition) is 0. The van der Waals surface area contributed by atoms with E-state index in [1.165, 1.54) is 122 Å². The van der Waals surface area contributed by atoms with Crippen LogP contribution in [0.2, 0.25) is 0 Å². The van der Waals surface area contributed by atoms with Crippen molar-refractivity contribution < 1.29 is 0 Å². The van der Waals surface area contributed by atoms with Gasteiger partial charge in [-0.25, -0.2) is 0 Å². The Morgan fingerprint density at radius 3 is 1.66 bits per heavy atom. The number of aromatic nitrogens is 2. The lowest BCUT2D eigenvalue weighted by Crippen LogP contribution is -2.57. The Hall–Kier alpha value is -7.04. The first-order chi connectivity index (χ1) is 33.7. The van der Waals surface area contributed by atoms with E-state index in [0.29, 0.717) is 0 Å². The molecule has 0 unspecified atom stereocenters. The van der Waals surface area contributed by atoms with Crippen molar-refractivity contribution in [3.05, 3.63) is 192 Å². The second-order valence-electron chi connectivity index (χ2n) is 24.7. The van der Waals surface area contributed by atoms with Gasteiger partial charge < -0.3 is 13.9 Å². The van der Waals surface area contributed by atoms with Crippen LogP contribution in [0.1, 0.15) is 111 Å². The second-order valence-corrected chi connectivity index (χ2v) is 24.7. The van der Waals surface area contributed by atoms with Crippen LogP contribution in [0, 0.1) is 6.92 Å². The SMILES string of the molecule is Cc1ccccc1-c1c(-c2ccccc2)n2c3c(cc4c5cc(C(C)(C)C)ccc5n(-c5ccccc5)c4c13)-c1cc(C(C)(C)C)cc3c1B2c1cc(C(C)(C)C)ccc1N3c1ccc(C(C)(C)C)cc1. The second kappa shape index (κ2) is 15.5. The number of rotatable bonds is 4. The van der Waals surface area contributed by atoms with Gasteiger partial charge in [-0.15, -0.1) is 0 Å². The maximum Gasteiger partial charge on any atom is 0.333 e.